The molecule has 1 aromatic carbocycles. The van der Waals surface area contributed by atoms with Crippen LogP contribution in [0.15, 0.2) is 43.9 Å². The molecular weight excluding hydrogens is 184 g/mol. The molecule has 2 heteroatoms. The van der Waals surface area contributed by atoms with Crippen molar-refractivity contribution in [3.63, 3.8) is 0 Å². The summed E-state index contributed by atoms with van der Waals surface area (Å²) in [7, 11) is 0. The van der Waals surface area contributed by atoms with Gasteiger partial charge in [-0.05, 0) is 35.8 Å². The zero-order chi connectivity index (χ0) is 8.55. The second-order valence-corrected chi connectivity index (χ2v) is 5.28. The van der Waals surface area contributed by atoms with E-state index in [1.807, 2.05) is 23.5 Å². The van der Waals surface area contributed by atoms with Gasteiger partial charge in [-0.25, -0.2) is 0 Å². The van der Waals surface area contributed by atoms with Crippen LogP contribution in [-0.4, -0.2) is 0 Å². The van der Waals surface area contributed by atoms with Gasteiger partial charge in [0, 0.05) is 9.79 Å². The van der Waals surface area contributed by atoms with Crippen LogP contribution in [-0.2, 0) is 0 Å². The number of hydrogen-bond donors (Lipinski definition) is 0. The van der Waals surface area contributed by atoms with E-state index >= 15 is 0 Å². The molecule has 0 nitrogen and oxygen atoms in total. The third-order valence-corrected chi connectivity index (χ3v) is 4.51. The Morgan fingerprint density at radius 1 is 0.833 bits per heavy atom. The highest BCUT2D eigenvalue weighted by molar-refractivity contribution is 8.09. The minimum absolute atomic E-state index is 1.39. The minimum atomic E-state index is 1.39. The molecule has 1 aliphatic heterocycles. The summed E-state index contributed by atoms with van der Waals surface area (Å²) in [5.41, 5.74) is 0. The molecule has 1 heterocycles. The molecule has 2 rings (SSSR count). The van der Waals surface area contributed by atoms with Crippen molar-refractivity contribution in [2.45, 2.75) is 23.6 Å². The average Bonchev–Trinajstić information content (AvgIpc) is 2.07. The number of fused-ring (bicyclic) bond motifs is 1. The maximum Gasteiger partial charge on any atom is 0.0258 e. The Kier molecular flexibility index (Phi) is 2.20. The molecule has 1 aromatic rings. The van der Waals surface area contributed by atoms with E-state index in [1.54, 1.807) is 0 Å². The van der Waals surface area contributed by atoms with Crippen LogP contribution in [0.3, 0.4) is 0 Å². The Morgan fingerprint density at radius 2 is 1.25 bits per heavy atom. The van der Waals surface area contributed by atoms with E-state index in [9.17, 15) is 0 Å². The summed E-state index contributed by atoms with van der Waals surface area (Å²) in [6, 6.07) is 8.56. The van der Waals surface area contributed by atoms with Gasteiger partial charge in [-0.15, -0.1) is 0 Å². The van der Waals surface area contributed by atoms with E-state index < -0.39 is 0 Å². The molecule has 0 unspecified atom stereocenters. The van der Waals surface area contributed by atoms with E-state index in [4.69, 9.17) is 0 Å². The molecule has 0 N–H and O–H groups in total. The summed E-state index contributed by atoms with van der Waals surface area (Å²) in [6.45, 7) is 4.37. The van der Waals surface area contributed by atoms with Crippen LogP contribution < -0.4 is 0 Å². The van der Waals surface area contributed by atoms with Gasteiger partial charge >= 0.3 is 0 Å². The molecule has 0 amide bonds. The van der Waals surface area contributed by atoms with Gasteiger partial charge < -0.3 is 0 Å². The van der Waals surface area contributed by atoms with Crippen LogP contribution in [0.25, 0.3) is 0 Å². The van der Waals surface area contributed by atoms with Crippen LogP contribution in [0, 0.1) is 0 Å². The number of hydrogen-bond acceptors (Lipinski definition) is 2. The molecule has 0 atom stereocenters. The Morgan fingerprint density at radius 3 is 1.67 bits per heavy atom. The molecule has 0 bridgehead atoms. The first-order chi connectivity index (χ1) is 5.77. The average molecular weight is 194 g/mol. The highest BCUT2D eigenvalue weighted by Gasteiger charge is 2.12. The van der Waals surface area contributed by atoms with E-state index in [-0.39, 0.29) is 0 Å². The molecule has 0 saturated carbocycles. The Hall–Kier alpha value is -0.340. The lowest BCUT2D eigenvalue weighted by Gasteiger charge is -2.16. The van der Waals surface area contributed by atoms with Crippen molar-refractivity contribution in [3.05, 3.63) is 34.1 Å². The molecule has 1 aliphatic rings. The first-order valence-corrected chi connectivity index (χ1v) is 5.53. The summed E-state index contributed by atoms with van der Waals surface area (Å²) < 4.78 is 0. The normalized spacial score (nSPS) is 16.2. The maximum absolute atomic E-state index is 2.18. The molecule has 0 spiro atoms. The van der Waals surface area contributed by atoms with E-state index in [1.165, 1.54) is 19.6 Å². The third kappa shape index (κ3) is 1.41. The second-order valence-electron chi connectivity index (χ2n) is 2.76. The van der Waals surface area contributed by atoms with Gasteiger partial charge in [0.1, 0.15) is 0 Å². The van der Waals surface area contributed by atoms with Crippen molar-refractivity contribution >= 4 is 23.5 Å². The van der Waals surface area contributed by atoms with Crippen LogP contribution in [0.4, 0.5) is 0 Å². The van der Waals surface area contributed by atoms with E-state index in [2.05, 4.69) is 38.1 Å². The number of allylic oxidation sites excluding steroid dienone is 2. The zero-order valence-electron chi connectivity index (χ0n) is 7.13. The van der Waals surface area contributed by atoms with Crippen molar-refractivity contribution in [1.82, 2.24) is 0 Å². The largest absolute Gasteiger partial charge is 0.0928 e. The summed E-state index contributed by atoms with van der Waals surface area (Å²) in [6.07, 6.45) is 0. The first-order valence-electron chi connectivity index (χ1n) is 3.89. The van der Waals surface area contributed by atoms with Crippen molar-refractivity contribution in [3.8, 4) is 0 Å². The molecule has 62 valence electrons. The van der Waals surface area contributed by atoms with Crippen molar-refractivity contribution < 1.29 is 0 Å². The summed E-state index contributed by atoms with van der Waals surface area (Å²) in [4.78, 5) is 5.65. The Bertz CT molecular complexity index is 306. The van der Waals surface area contributed by atoms with Crippen LogP contribution in [0.2, 0.25) is 0 Å². The molecule has 0 fully saturated rings. The van der Waals surface area contributed by atoms with E-state index in [0.29, 0.717) is 0 Å². The van der Waals surface area contributed by atoms with Crippen LogP contribution >= 0.6 is 23.5 Å². The van der Waals surface area contributed by atoms with Crippen LogP contribution in [0.5, 0.6) is 0 Å². The fraction of sp³-hybridized carbons (Fsp3) is 0.200. The summed E-state index contributed by atoms with van der Waals surface area (Å²) in [5, 5.41) is 0. The van der Waals surface area contributed by atoms with Crippen molar-refractivity contribution in [1.29, 1.82) is 0 Å². The second kappa shape index (κ2) is 3.19. The van der Waals surface area contributed by atoms with Crippen LogP contribution in [0.1, 0.15) is 13.8 Å². The van der Waals surface area contributed by atoms with Gasteiger partial charge in [-0.2, -0.15) is 0 Å². The molecule has 0 saturated heterocycles. The smallest absolute Gasteiger partial charge is 0.0258 e. The quantitative estimate of drug-likeness (QED) is 0.609. The lowest BCUT2D eigenvalue weighted by atomic mass is 10.4. The molecule has 0 aliphatic carbocycles. The molecule has 0 aromatic heterocycles. The number of thioether (sulfide) groups is 2. The Labute approximate surface area is 81.4 Å². The maximum atomic E-state index is 2.18. The topological polar surface area (TPSA) is 0 Å². The predicted molar refractivity (Wildman–Crippen MR) is 56.5 cm³/mol. The lowest BCUT2D eigenvalue weighted by molar-refractivity contribution is 1.24. The first kappa shape index (κ1) is 8.27. The minimum Gasteiger partial charge on any atom is -0.0928 e. The standard InChI is InChI=1S/C10H10S2/c1-7-8(2)12-10-6-4-3-5-9(10)11-7/h3-6H,1-2H3. The summed E-state index contributed by atoms with van der Waals surface area (Å²) in [5.74, 6) is 0. The highest BCUT2D eigenvalue weighted by Crippen LogP contribution is 2.45. The predicted octanol–water partition coefficient (Wildman–Crippen LogP) is 4.14. The number of rotatable bonds is 0. The van der Waals surface area contributed by atoms with Gasteiger partial charge in [-0.1, -0.05) is 35.7 Å². The number of benzene rings is 1. The lowest BCUT2D eigenvalue weighted by Crippen LogP contribution is -1.86. The SMILES string of the molecule is CC1=C(C)Sc2ccccc2S1. The summed E-state index contributed by atoms with van der Waals surface area (Å²) >= 11 is 3.76. The van der Waals surface area contributed by atoms with E-state index in [0.717, 1.165) is 0 Å². The van der Waals surface area contributed by atoms with Gasteiger partial charge in [0.05, 0.1) is 0 Å². The van der Waals surface area contributed by atoms with Gasteiger partial charge in [-0.3, -0.25) is 0 Å². The molecule has 0 radical (unpaired) electrons. The van der Waals surface area contributed by atoms with Gasteiger partial charge in [0.2, 0.25) is 0 Å². The fourth-order valence-corrected chi connectivity index (χ4v) is 3.17. The Balaban J connectivity index is 2.43. The monoisotopic (exact) mass is 194 g/mol. The third-order valence-electron chi connectivity index (χ3n) is 1.87. The van der Waals surface area contributed by atoms with Crippen molar-refractivity contribution in [2.75, 3.05) is 0 Å². The van der Waals surface area contributed by atoms with Gasteiger partial charge in [0.15, 0.2) is 0 Å². The highest BCUT2D eigenvalue weighted by atomic mass is 32.2. The van der Waals surface area contributed by atoms with Crippen molar-refractivity contribution in [2.24, 2.45) is 0 Å². The van der Waals surface area contributed by atoms with Gasteiger partial charge in [0.25, 0.3) is 0 Å². The fourth-order valence-electron chi connectivity index (χ4n) is 1.09. The molecule has 12 heavy (non-hydrogen) atoms. The molecular formula is C10H10S2. The zero-order valence-corrected chi connectivity index (χ0v) is 8.76.